The zero-order valence-electron chi connectivity index (χ0n) is 17.1. The molecule has 0 aliphatic heterocycles. The molecule has 0 bridgehead atoms. The van der Waals surface area contributed by atoms with Gasteiger partial charge in [-0.1, -0.05) is 58.4 Å². The summed E-state index contributed by atoms with van der Waals surface area (Å²) in [5, 5.41) is 3.46. The summed E-state index contributed by atoms with van der Waals surface area (Å²) in [5.74, 6) is -0.350. The fraction of sp³-hybridized carbons (Fsp3) is 0.120. The fourth-order valence-electron chi connectivity index (χ4n) is 3.46. The van der Waals surface area contributed by atoms with E-state index in [1.807, 2.05) is 67.1 Å². The van der Waals surface area contributed by atoms with Crippen molar-refractivity contribution in [1.29, 1.82) is 0 Å². The van der Waals surface area contributed by atoms with Gasteiger partial charge in [-0.3, -0.25) is 0 Å². The molecular weight excluding hydrogens is 454 g/mol. The Hall–Kier alpha value is -3.38. The average Bonchev–Trinajstić information content (AvgIpc) is 3.24. The van der Waals surface area contributed by atoms with Gasteiger partial charge in [0.1, 0.15) is 0 Å². The lowest BCUT2D eigenvalue weighted by atomic mass is 9.99. The summed E-state index contributed by atoms with van der Waals surface area (Å²) in [6.07, 6.45) is 3.71. The highest BCUT2D eigenvalue weighted by molar-refractivity contribution is 9.10. The molecule has 0 unspecified atom stereocenters. The van der Waals surface area contributed by atoms with Crippen LogP contribution in [-0.4, -0.2) is 22.6 Å². The van der Waals surface area contributed by atoms with Crippen LogP contribution in [0.1, 0.15) is 21.6 Å². The zero-order chi connectivity index (χ0) is 21.6. The molecule has 0 atom stereocenters. The third-order valence-corrected chi connectivity index (χ3v) is 5.52. The molecule has 0 aliphatic rings. The van der Waals surface area contributed by atoms with Gasteiger partial charge < -0.3 is 14.6 Å². The lowest BCUT2D eigenvalue weighted by Gasteiger charge is -2.14. The quantitative estimate of drug-likeness (QED) is 0.345. The largest absolute Gasteiger partial charge is 0.465 e. The van der Waals surface area contributed by atoms with Crippen molar-refractivity contribution in [2.24, 2.45) is 0 Å². The Kier molecular flexibility index (Phi) is 6.48. The number of halogens is 1. The van der Waals surface area contributed by atoms with Crippen LogP contribution in [-0.2, 0) is 17.8 Å². The minimum absolute atomic E-state index is 0.350. The number of nitrogens with zero attached hydrogens (tertiary/aromatic N) is 2. The summed E-state index contributed by atoms with van der Waals surface area (Å²) in [6.45, 7) is 1.35. The van der Waals surface area contributed by atoms with Crippen molar-refractivity contribution in [2.75, 3.05) is 12.4 Å². The number of anilines is 1. The zero-order valence-corrected chi connectivity index (χ0v) is 18.7. The van der Waals surface area contributed by atoms with E-state index in [0.717, 1.165) is 33.5 Å². The molecular formula is C25H22BrN3O2. The predicted octanol–water partition coefficient (Wildman–Crippen LogP) is 5.76. The number of esters is 1. The Morgan fingerprint density at radius 1 is 1.06 bits per heavy atom. The average molecular weight is 476 g/mol. The van der Waals surface area contributed by atoms with Gasteiger partial charge in [0.05, 0.1) is 31.2 Å². The van der Waals surface area contributed by atoms with Crippen LogP contribution >= 0.6 is 15.9 Å². The first-order chi connectivity index (χ1) is 15.1. The molecule has 4 rings (SSSR count). The van der Waals surface area contributed by atoms with E-state index >= 15 is 0 Å². The maximum absolute atomic E-state index is 12.2. The molecule has 0 radical (unpaired) electrons. The van der Waals surface area contributed by atoms with Crippen molar-refractivity contribution in [3.63, 3.8) is 0 Å². The van der Waals surface area contributed by atoms with Crippen LogP contribution in [0.4, 0.5) is 5.69 Å². The third kappa shape index (κ3) is 5.03. The van der Waals surface area contributed by atoms with Gasteiger partial charge in [-0.25, -0.2) is 9.78 Å². The number of methoxy groups -OCH3 is 1. The third-order valence-electron chi connectivity index (χ3n) is 5.02. The number of carbonyl (C=O) groups excluding carboxylic acids is 1. The molecule has 0 amide bonds. The van der Waals surface area contributed by atoms with Crippen LogP contribution in [0, 0.1) is 0 Å². The SMILES string of the molecule is COC(=O)c1ccc(NCc2cncn2Cc2cccc(Br)c2)cc1-c1ccccc1. The number of aromatic nitrogens is 2. The molecule has 0 saturated heterocycles. The summed E-state index contributed by atoms with van der Waals surface area (Å²) in [4.78, 5) is 16.6. The number of hydrogen-bond acceptors (Lipinski definition) is 4. The van der Waals surface area contributed by atoms with E-state index in [0.29, 0.717) is 12.1 Å². The maximum atomic E-state index is 12.2. The standard InChI is InChI=1S/C25H22BrN3O2/c1-31-25(30)23-11-10-21(13-24(23)19-7-3-2-4-8-19)28-15-22-14-27-17-29(22)16-18-6-5-9-20(26)12-18/h2-14,17,28H,15-16H2,1H3. The number of nitrogens with one attached hydrogen (secondary N) is 1. The number of rotatable bonds is 7. The van der Waals surface area contributed by atoms with Crippen LogP contribution in [0.25, 0.3) is 11.1 Å². The Balaban J connectivity index is 1.55. The van der Waals surface area contributed by atoms with Crippen molar-refractivity contribution < 1.29 is 9.53 Å². The molecule has 6 heteroatoms. The van der Waals surface area contributed by atoms with Crippen LogP contribution in [0.5, 0.6) is 0 Å². The van der Waals surface area contributed by atoms with Crippen LogP contribution in [0.2, 0.25) is 0 Å². The van der Waals surface area contributed by atoms with E-state index in [1.54, 1.807) is 6.07 Å². The number of hydrogen-bond donors (Lipinski definition) is 1. The molecule has 3 aromatic carbocycles. The van der Waals surface area contributed by atoms with Gasteiger partial charge in [0, 0.05) is 22.9 Å². The second-order valence-corrected chi connectivity index (χ2v) is 8.03. The highest BCUT2D eigenvalue weighted by Gasteiger charge is 2.14. The minimum atomic E-state index is -0.350. The van der Waals surface area contributed by atoms with Crippen LogP contribution < -0.4 is 5.32 Å². The second-order valence-electron chi connectivity index (χ2n) is 7.11. The summed E-state index contributed by atoms with van der Waals surface area (Å²) in [5.41, 5.74) is 5.52. The Labute approximate surface area is 189 Å². The van der Waals surface area contributed by atoms with Gasteiger partial charge in [-0.05, 0) is 47.0 Å². The molecule has 31 heavy (non-hydrogen) atoms. The monoisotopic (exact) mass is 475 g/mol. The molecule has 0 spiro atoms. The molecule has 1 aromatic heterocycles. The van der Waals surface area contributed by atoms with Crippen LogP contribution in [0.15, 0.2) is 89.8 Å². The second kappa shape index (κ2) is 9.62. The van der Waals surface area contributed by atoms with Crippen molar-refractivity contribution in [2.45, 2.75) is 13.1 Å². The Bertz CT molecular complexity index is 1190. The van der Waals surface area contributed by atoms with E-state index in [4.69, 9.17) is 4.74 Å². The molecule has 156 valence electrons. The Morgan fingerprint density at radius 2 is 1.90 bits per heavy atom. The Morgan fingerprint density at radius 3 is 2.68 bits per heavy atom. The van der Waals surface area contributed by atoms with Gasteiger partial charge in [-0.15, -0.1) is 0 Å². The van der Waals surface area contributed by atoms with E-state index in [2.05, 4.69) is 42.9 Å². The first-order valence-corrected chi connectivity index (χ1v) is 10.7. The van der Waals surface area contributed by atoms with Gasteiger partial charge in [-0.2, -0.15) is 0 Å². The van der Waals surface area contributed by atoms with Crippen molar-refractivity contribution in [3.8, 4) is 11.1 Å². The van der Waals surface area contributed by atoms with E-state index < -0.39 is 0 Å². The number of imidazole rings is 1. The molecule has 4 aromatic rings. The molecule has 5 nitrogen and oxygen atoms in total. The number of benzene rings is 3. The van der Waals surface area contributed by atoms with E-state index in [9.17, 15) is 4.79 Å². The summed E-state index contributed by atoms with van der Waals surface area (Å²) in [6, 6.07) is 23.8. The number of carbonyl (C=O) groups is 1. The van der Waals surface area contributed by atoms with Crippen LogP contribution in [0.3, 0.4) is 0 Å². The van der Waals surface area contributed by atoms with Gasteiger partial charge in [0.15, 0.2) is 0 Å². The van der Waals surface area contributed by atoms with Crippen molar-refractivity contribution >= 4 is 27.6 Å². The molecule has 1 N–H and O–H groups in total. The minimum Gasteiger partial charge on any atom is -0.465 e. The van der Waals surface area contributed by atoms with Gasteiger partial charge in [0.2, 0.25) is 0 Å². The van der Waals surface area contributed by atoms with Crippen molar-refractivity contribution in [1.82, 2.24) is 9.55 Å². The van der Waals surface area contributed by atoms with Gasteiger partial charge >= 0.3 is 5.97 Å². The smallest absolute Gasteiger partial charge is 0.338 e. The maximum Gasteiger partial charge on any atom is 0.338 e. The van der Waals surface area contributed by atoms with Crippen molar-refractivity contribution in [3.05, 3.63) is 107 Å². The van der Waals surface area contributed by atoms with Gasteiger partial charge in [0.25, 0.3) is 0 Å². The predicted molar refractivity (Wildman–Crippen MR) is 126 cm³/mol. The lowest BCUT2D eigenvalue weighted by Crippen LogP contribution is -2.09. The molecule has 1 heterocycles. The molecule has 0 fully saturated rings. The first kappa shape index (κ1) is 20.9. The highest BCUT2D eigenvalue weighted by Crippen LogP contribution is 2.28. The first-order valence-electron chi connectivity index (χ1n) is 9.89. The lowest BCUT2D eigenvalue weighted by molar-refractivity contribution is 0.0601. The topological polar surface area (TPSA) is 56.1 Å². The van der Waals surface area contributed by atoms with E-state index in [-0.39, 0.29) is 5.97 Å². The fourth-order valence-corrected chi connectivity index (χ4v) is 3.91. The summed E-state index contributed by atoms with van der Waals surface area (Å²) >= 11 is 3.52. The number of ether oxygens (including phenoxy) is 1. The molecule has 0 aliphatic carbocycles. The highest BCUT2D eigenvalue weighted by atomic mass is 79.9. The molecule has 0 saturated carbocycles. The summed E-state index contributed by atoms with van der Waals surface area (Å²) in [7, 11) is 1.40. The van der Waals surface area contributed by atoms with E-state index in [1.165, 1.54) is 12.7 Å². The summed E-state index contributed by atoms with van der Waals surface area (Å²) < 4.78 is 8.14. The normalized spacial score (nSPS) is 10.6.